The molecule has 2 aromatic rings. The van der Waals surface area contributed by atoms with Crippen molar-refractivity contribution >= 4 is 11.6 Å². The zero-order valence-corrected chi connectivity index (χ0v) is 12.6. The monoisotopic (exact) mass is 305 g/mol. The Kier molecular flexibility index (Phi) is 4.13. The van der Waals surface area contributed by atoms with E-state index in [1.807, 2.05) is 12.1 Å². The van der Waals surface area contributed by atoms with Gasteiger partial charge in [-0.15, -0.1) is 0 Å². The summed E-state index contributed by atoms with van der Waals surface area (Å²) in [4.78, 5) is 0. The Labute approximate surface area is 128 Å². The molecule has 0 atom stereocenters. The van der Waals surface area contributed by atoms with E-state index < -0.39 is 0 Å². The molecule has 1 N–H and O–H groups in total. The summed E-state index contributed by atoms with van der Waals surface area (Å²) in [7, 11) is 0. The molecule has 0 saturated heterocycles. The fraction of sp³-hybridized carbons (Fsp3) is 0.294. The molecular formula is C17H17ClFNO. The Balaban J connectivity index is 1.80. The van der Waals surface area contributed by atoms with Gasteiger partial charge in [0.2, 0.25) is 0 Å². The van der Waals surface area contributed by atoms with Crippen LogP contribution in [-0.4, -0.2) is 6.04 Å². The second kappa shape index (κ2) is 6.04. The van der Waals surface area contributed by atoms with Crippen LogP contribution in [0.4, 0.5) is 4.39 Å². The minimum atomic E-state index is -0.265. The SMILES string of the molecule is Cc1ccc(Oc2ccc(Cl)cc2CNC2CC2)cc1F. The molecule has 4 heteroatoms. The van der Waals surface area contributed by atoms with Crippen LogP contribution in [0.2, 0.25) is 5.02 Å². The molecule has 0 radical (unpaired) electrons. The summed E-state index contributed by atoms with van der Waals surface area (Å²) in [6, 6.07) is 11.0. The minimum absolute atomic E-state index is 0.265. The Morgan fingerprint density at radius 2 is 2.05 bits per heavy atom. The highest BCUT2D eigenvalue weighted by molar-refractivity contribution is 6.30. The Bertz CT molecular complexity index is 655. The topological polar surface area (TPSA) is 21.3 Å². The van der Waals surface area contributed by atoms with Gasteiger partial charge in [0.25, 0.3) is 0 Å². The lowest BCUT2D eigenvalue weighted by atomic mass is 10.2. The zero-order valence-electron chi connectivity index (χ0n) is 11.8. The third kappa shape index (κ3) is 3.74. The van der Waals surface area contributed by atoms with Gasteiger partial charge in [-0.25, -0.2) is 4.39 Å². The molecule has 0 amide bonds. The Morgan fingerprint density at radius 1 is 1.24 bits per heavy atom. The summed E-state index contributed by atoms with van der Waals surface area (Å²) in [6.07, 6.45) is 2.44. The van der Waals surface area contributed by atoms with Crippen molar-refractivity contribution in [3.63, 3.8) is 0 Å². The van der Waals surface area contributed by atoms with Gasteiger partial charge in [-0.3, -0.25) is 0 Å². The number of hydrogen-bond donors (Lipinski definition) is 1. The number of aryl methyl sites for hydroxylation is 1. The molecule has 1 aliphatic carbocycles. The van der Waals surface area contributed by atoms with Gasteiger partial charge in [0.15, 0.2) is 0 Å². The van der Waals surface area contributed by atoms with E-state index in [0.29, 0.717) is 34.7 Å². The van der Waals surface area contributed by atoms with Crippen molar-refractivity contribution in [3.05, 3.63) is 58.4 Å². The maximum atomic E-state index is 13.6. The van der Waals surface area contributed by atoms with Gasteiger partial charge in [-0.1, -0.05) is 17.7 Å². The fourth-order valence-electron chi connectivity index (χ4n) is 2.09. The summed E-state index contributed by atoms with van der Waals surface area (Å²) >= 11 is 6.05. The van der Waals surface area contributed by atoms with Crippen molar-refractivity contribution in [2.24, 2.45) is 0 Å². The molecule has 0 aromatic heterocycles. The van der Waals surface area contributed by atoms with Crippen molar-refractivity contribution in [1.29, 1.82) is 0 Å². The lowest BCUT2D eigenvalue weighted by Crippen LogP contribution is -2.15. The Morgan fingerprint density at radius 3 is 2.76 bits per heavy atom. The number of halogens is 2. The van der Waals surface area contributed by atoms with Crippen LogP contribution in [0, 0.1) is 12.7 Å². The summed E-state index contributed by atoms with van der Waals surface area (Å²) in [6.45, 7) is 2.43. The molecule has 1 aliphatic rings. The van der Waals surface area contributed by atoms with E-state index in [0.717, 1.165) is 5.56 Å². The largest absolute Gasteiger partial charge is 0.457 e. The van der Waals surface area contributed by atoms with E-state index in [1.54, 1.807) is 25.1 Å². The zero-order chi connectivity index (χ0) is 14.8. The van der Waals surface area contributed by atoms with Gasteiger partial charge in [0.05, 0.1) is 0 Å². The standard InChI is InChI=1S/C17H17ClFNO/c1-11-2-6-15(9-16(11)19)21-17-7-3-13(18)8-12(17)10-20-14-4-5-14/h2-3,6-9,14,20H,4-5,10H2,1H3. The number of ether oxygens (including phenoxy) is 1. The van der Waals surface area contributed by atoms with Crippen molar-refractivity contribution in [1.82, 2.24) is 5.32 Å². The van der Waals surface area contributed by atoms with Crippen LogP contribution >= 0.6 is 11.6 Å². The highest BCUT2D eigenvalue weighted by atomic mass is 35.5. The van der Waals surface area contributed by atoms with Gasteiger partial charge >= 0.3 is 0 Å². The first kappa shape index (κ1) is 14.4. The second-order valence-electron chi connectivity index (χ2n) is 5.42. The molecule has 21 heavy (non-hydrogen) atoms. The lowest BCUT2D eigenvalue weighted by molar-refractivity contribution is 0.466. The summed E-state index contributed by atoms with van der Waals surface area (Å²) in [5.74, 6) is 0.933. The van der Waals surface area contributed by atoms with E-state index in [-0.39, 0.29) is 5.82 Å². The van der Waals surface area contributed by atoms with Crippen LogP contribution in [0.1, 0.15) is 24.0 Å². The Hall–Kier alpha value is -1.58. The molecule has 110 valence electrons. The highest BCUT2D eigenvalue weighted by Gasteiger charge is 2.20. The van der Waals surface area contributed by atoms with E-state index in [4.69, 9.17) is 16.3 Å². The molecule has 0 heterocycles. The molecule has 2 nitrogen and oxygen atoms in total. The molecule has 1 fully saturated rings. The summed E-state index contributed by atoms with van der Waals surface area (Å²) in [5, 5.41) is 4.11. The van der Waals surface area contributed by atoms with E-state index in [1.165, 1.54) is 18.9 Å². The normalized spacial score (nSPS) is 14.2. The van der Waals surface area contributed by atoms with Crippen molar-refractivity contribution in [2.75, 3.05) is 0 Å². The third-order valence-electron chi connectivity index (χ3n) is 3.55. The molecule has 0 aliphatic heterocycles. The van der Waals surface area contributed by atoms with Crippen LogP contribution < -0.4 is 10.1 Å². The maximum absolute atomic E-state index is 13.6. The van der Waals surface area contributed by atoms with Crippen LogP contribution in [-0.2, 0) is 6.54 Å². The quantitative estimate of drug-likeness (QED) is 0.854. The number of hydrogen-bond acceptors (Lipinski definition) is 2. The van der Waals surface area contributed by atoms with Crippen molar-refractivity contribution in [3.8, 4) is 11.5 Å². The van der Waals surface area contributed by atoms with Gasteiger partial charge < -0.3 is 10.1 Å². The van der Waals surface area contributed by atoms with E-state index in [2.05, 4.69) is 5.32 Å². The third-order valence-corrected chi connectivity index (χ3v) is 3.79. The van der Waals surface area contributed by atoms with Gasteiger partial charge in [-0.05, 0) is 49.6 Å². The van der Waals surface area contributed by atoms with Crippen LogP contribution in [0.3, 0.4) is 0 Å². The first-order valence-electron chi connectivity index (χ1n) is 7.07. The van der Waals surface area contributed by atoms with Crippen molar-refractivity contribution < 1.29 is 9.13 Å². The lowest BCUT2D eigenvalue weighted by Gasteiger charge is -2.13. The van der Waals surface area contributed by atoms with Crippen LogP contribution in [0.15, 0.2) is 36.4 Å². The average molecular weight is 306 g/mol. The van der Waals surface area contributed by atoms with Gasteiger partial charge in [0, 0.05) is 29.2 Å². The van der Waals surface area contributed by atoms with E-state index in [9.17, 15) is 4.39 Å². The van der Waals surface area contributed by atoms with E-state index >= 15 is 0 Å². The molecule has 0 bridgehead atoms. The average Bonchev–Trinajstić information content (AvgIpc) is 3.27. The maximum Gasteiger partial charge on any atom is 0.132 e. The van der Waals surface area contributed by atoms with Gasteiger partial charge in [0.1, 0.15) is 17.3 Å². The summed E-state index contributed by atoms with van der Waals surface area (Å²) < 4.78 is 19.4. The smallest absolute Gasteiger partial charge is 0.132 e. The molecule has 1 saturated carbocycles. The highest BCUT2D eigenvalue weighted by Crippen LogP contribution is 2.30. The second-order valence-corrected chi connectivity index (χ2v) is 5.86. The van der Waals surface area contributed by atoms with Crippen molar-refractivity contribution in [2.45, 2.75) is 32.4 Å². The molecule has 3 rings (SSSR count). The molecule has 0 spiro atoms. The molecular weight excluding hydrogens is 289 g/mol. The minimum Gasteiger partial charge on any atom is -0.457 e. The number of rotatable bonds is 5. The molecule has 2 aromatic carbocycles. The first-order valence-corrected chi connectivity index (χ1v) is 7.45. The predicted octanol–water partition coefficient (Wildman–Crippen LogP) is 4.83. The first-order chi connectivity index (χ1) is 10.1. The number of nitrogens with one attached hydrogen (secondary N) is 1. The predicted molar refractivity (Wildman–Crippen MR) is 82.5 cm³/mol. The van der Waals surface area contributed by atoms with Crippen LogP contribution in [0.25, 0.3) is 0 Å². The molecule has 0 unspecified atom stereocenters. The van der Waals surface area contributed by atoms with Crippen LogP contribution in [0.5, 0.6) is 11.5 Å². The number of benzene rings is 2. The summed E-state index contributed by atoms with van der Waals surface area (Å²) in [5.41, 5.74) is 1.59. The fourth-order valence-corrected chi connectivity index (χ4v) is 2.29. The van der Waals surface area contributed by atoms with Gasteiger partial charge in [-0.2, -0.15) is 0 Å².